The first-order chi connectivity index (χ1) is 16.0. The molecule has 0 bridgehead atoms. The van der Waals surface area contributed by atoms with Crippen molar-refractivity contribution in [2.45, 2.75) is 89.7 Å². The lowest BCUT2D eigenvalue weighted by atomic mass is 9.62. The average Bonchev–Trinajstić information content (AvgIpc) is 2.73. The Kier molecular flexibility index (Phi) is 8.22. The summed E-state index contributed by atoms with van der Waals surface area (Å²) in [5.41, 5.74) is 0.555. The fourth-order valence-electron chi connectivity index (χ4n) is 4.72. The van der Waals surface area contributed by atoms with E-state index >= 15 is 4.39 Å². The second-order valence-corrected chi connectivity index (χ2v) is 11.5. The molecule has 0 saturated heterocycles. The van der Waals surface area contributed by atoms with Gasteiger partial charge in [0.25, 0.3) is 0 Å². The summed E-state index contributed by atoms with van der Waals surface area (Å²) in [4.78, 5) is 27.8. The van der Waals surface area contributed by atoms with Crippen LogP contribution < -0.4 is 5.32 Å². The van der Waals surface area contributed by atoms with Gasteiger partial charge in [-0.05, 0) is 71.1 Å². The lowest BCUT2D eigenvalue weighted by Gasteiger charge is -2.49. The number of carbonyl (C=O) groups excluding carboxylic acids is 2. The van der Waals surface area contributed by atoms with E-state index < -0.39 is 23.3 Å². The molecule has 1 aliphatic heterocycles. The van der Waals surface area contributed by atoms with E-state index in [4.69, 9.17) is 9.47 Å². The van der Waals surface area contributed by atoms with Crippen LogP contribution in [0.4, 0.5) is 9.18 Å². The van der Waals surface area contributed by atoms with Crippen molar-refractivity contribution < 1.29 is 23.5 Å². The van der Waals surface area contributed by atoms with Crippen LogP contribution in [0.15, 0.2) is 29.3 Å². The summed E-state index contributed by atoms with van der Waals surface area (Å²) < 4.78 is 26.1. The number of aryl methyl sites for hydroxylation is 1. The van der Waals surface area contributed by atoms with Crippen LogP contribution in [0, 0.1) is 5.82 Å². The van der Waals surface area contributed by atoms with Gasteiger partial charge in [0.2, 0.25) is 0 Å². The Balaban J connectivity index is 1.96. The van der Waals surface area contributed by atoms with E-state index in [0.29, 0.717) is 18.1 Å². The molecule has 0 aromatic heterocycles. The van der Waals surface area contributed by atoms with Gasteiger partial charge in [-0.3, -0.25) is 4.90 Å². The lowest BCUT2D eigenvalue weighted by Crippen LogP contribution is -2.59. The molecule has 1 fully saturated rings. The minimum absolute atomic E-state index is 0.152. The fourth-order valence-corrected chi connectivity index (χ4v) is 5.77. The van der Waals surface area contributed by atoms with E-state index in [2.05, 4.69) is 5.32 Å². The quantitative estimate of drug-likeness (QED) is 0.507. The highest BCUT2D eigenvalue weighted by Gasteiger charge is 2.47. The van der Waals surface area contributed by atoms with Crippen molar-refractivity contribution in [3.63, 3.8) is 0 Å². The van der Waals surface area contributed by atoms with E-state index in [1.807, 2.05) is 40.7 Å². The van der Waals surface area contributed by atoms with E-state index in [1.54, 1.807) is 24.1 Å². The van der Waals surface area contributed by atoms with Gasteiger partial charge >= 0.3 is 12.1 Å². The summed E-state index contributed by atoms with van der Waals surface area (Å²) in [6.07, 6.45) is 4.05. The molecule has 1 N–H and O–H groups in total. The van der Waals surface area contributed by atoms with Crippen molar-refractivity contribution in [2.24, 2.45) is 0 Å². The highest BCUT2D eigenvalue weighted by atomic mass is 32.2. The Morgan fingerprint density at radius 1 is 1.26 bits per heavy atom. The van der Waals surface area contributed by atoms with Crippen LogP contribution in [0.3, 0.4) is 0 Å². The number of esters is 1. The number of hydrogen-bond acceptors (Lipinski definition) is 6. The second-order valence-electron chi connectivity index (χ2n) is 10.0. The van der Waals surface area contributed by atoms with Gasteiger partial charge in [-0.25, -0.2) is 14.0 Å². The van der Waals surface area contributed by atoms with Gasteiger partial charge in [0.15, 0.2) is 0 Å². The Labute approximate surface area is 206 Å². The number of rotatable bonds is 7. The van der Waals surface area contributed by atoms with Crippen molar-refractivity contribution in [3.05, 3.63) is 46.2 Å². The molecule has 3 rings (SSSR count). The Morgan fingerprint density at radius 3 is 2.50 bits per heavy atom. The summed E-state index contributed by atoms with van der Waals surface area (Å²) >= 11 is 1.37. The van der Waals surface area contributed by atoms with E-state index in [-0.39, 0.29) is 17.0 Å². The molecule has 2 atom stereocenters. The van der Waals surface area contributed by atoms with Crippen molar-refractivity contribution in [1.82, 2.24) is 10.2 Å². The van der Waals surface area contributed by atoms with Crippen LogP contribution >= 0.6 is 11.8 Å². The SMILES string of the molecule is CCOC(=O)C1=CN[C@@H](N(CC2(c3c(F)cccc3CC)CCC2)C(=O)OC(C)(C)C)C(C)S1. The van der Waals surface area contributed by atoms with Crippen molar-refractivity contribution in [2.75, 3.05) is 13.2 Å². The Morgan fingerprint density at radius 2 is 1.97 bits per heavy atom. The fraction of sp³-hybridized carbons (Fsp3) is 0.615. The summed E-state index contributed by atoms with van der Waals surface area (Å²) in [6.45, 7) is 11.9. The molecule has 1 aromatic carbocycles. The molecular weight excluding hydrogens is 455 g/mol. The number of nitrogens with zero attached hydrogens (tertiary/aromatic N) is 1. The van der Waals surface area contributed by atoms with Gasteiger partial charge in [0.1, 0.15) is 22.5 Å². The predicted octanol–water partition coefficient (Wildman–Crippen LogP) is 5.50. The maximum atomic E-state index is 15.2. The Bertz CT molecular complexity index is 939. The summed E-state index contributed by atoms with van der Waals surface area (Å²) in [7, 11) is 0. The molecule has 1 saturated carbocycles. The van der Waals surface area contributed by atoms with Crippen LogP contribution in [-0.4, -0.2) is 47.1 Å². The van der Waals surface area contributed by atoms with Crippen LogP contribution in [-0.2, 0) is 26.1 Å². The zero-order valence-corrected chi connectivity index (χ0v) is 21.9. The van der Waals surface area contributed by atoms with Crippen LogP contribution in [0.25, 0.3) is 0 Å². The summed E-state index contributed by atoms with van der Waals surface area (Å²) in [6, 6.07) is 5.23. The second kappa shape index (κ2) is 10.6. The number of thioether (sulfide) groups is 1. The molecule has 1 aliphatic carbocycles. The first-order valence-corrected chi connectivity index (χ1v) is 13.0. The van der Waals surface area contributed by atoms with Gasteiger partial charge in [-0.15, -0.1) is 11.8 Å². The van der Waals surface area contributed by atoms with Gasteiger partial charge < -0.3 is 14.8 Å². The number of hydrogen-bond donors (Lipinski definition) is 1. The van der Waals surface area contributed by atoms with Crippen LogP contribution in [0.5, 0.6) is 0 Å². The standard InChI is InChI=1S/C26H37FN2O4S/c1-7-18-11-9-12-19(27)21(18)26(13-10-14-26)16-29(24(31)33-25(4,5)6)22-17(3)34-20(15-28-22)23(30)32-8-2/h9,11-12,15,17,22,28H,7-8,10,13-14,16H2,1-6H3/t17?,22-/m0/s1. The van der Waals surface area contributed by atoms with E-state index in [0.717, 1.165) is 36.8 Å². The Hall–Kier alpha value is -2.22. The first kappa shape index (κ1) is 26.4. The normalized spacial score (nSPS) is 21.6. The van der Waals surface area contributed by atoms with Gasteiger partial charge in [0, 0.05) is 23.4 Å². The average molecular weight is 493 g/mol. The lowest BCUT2D eigenvalue weighted by molar-refractivity contribution is -0.137. The molecule has 1 amide bonds. The van der Waals surface area contributed by atoms with Crippen molar-refractivity contribution in [1.29, 1.82) is 0 Å². The van der Waals surface area contributed by atoms with Crippen molar-refractivity contribution in [3.8, 4) is 0 Å². The number of nitrogens with one attached hydrogen (secondary N) is 1. The zero-order valence-electron chi connectivity index (χ0n) is 21.1. The summed E-state index contributed by atoms with van der Waals surface area (Å²) in [5, 5.41) is 3.09. The molecule has 34 heavy (non-hydrogen) atoms. The maximum Gasteiger partial charge on any atom is 0.412 e. The van der Waals surface area contributed by atoms with Crippen LogP contribution in [0.2, 0.25) is 0 Å². The minimum Gasteiger partial charge on any atom is -0.462 e. The minimum atomic E-state index is -0.675. The summed E-state index contributed by atoms with van der Waals surface area (Å²) in [5.74, 6) is -0.602. The number of amides is 1. The molecule has 1 aromatic rings. The molecular formula is C26H37FN2O4S. The van der Waals surface area contributed by atoms with Gasteiger partial charge in [-0.1, -0.05) is 25.5 Å². The largest absolute Gasteiger partial charge is 0.462 e. The molecule has 1 heterocycles. The highest BCUT2D eigenvalue weighted by molar-refractivity contribution is 8.04. The molecule has 8 heteroatoms. The first-order valence-electron chi connectivity index (χ1n) is 12.1. The zero-order chi connectivity index (χ0) is 25.1. The highest BCUT2D eigenvalue weighted by Crippen LogP contribution is 2.47. The number of halogens is 1. The van der Waals surface area contributed by atoms with Gasteiger partial charge in [0.05, 0.1) is 6.61 Å². The third-order valence-electron chi connectivity index (χ3n) is 6.38. The van der Waals surface area contributed by atoms with Gasteiger partial charge in [-0.2, -0.15) is 0 Å². The van der Waals surface area contributed by atoms with E-state index in [1.165, 1.54) is 17.8 Å². The third-order valence-corrected chi connectivity index (χ3v) is 7.55. The number of carbonyl (C=O) groups is 2. The molecule has 6 nitrogen and oxygen atoms in total. The third kappa shape index (κ3) is 5.70. The number of benzene rings is 1. The van der Waals surface area contributed by atoms with Crippen LogP contribution in [0.1, 0.15) is 71.9 Å². The van der Waals surface area contributed by atoms with Crippen molar-refractivity contribution >= 4 is 23.8 Å². The number of ether oxygens (including phenoxy) is 2. The molecule has 1 unspecified atom stereocenters. The topological polar surface area (TPSA) is 67.9 Å². The monoisotopic (exact) mass is 492 g/mol. The molecule has 188 valence electrons. The smallest absolute Gasteiger partial charge is 0.412 e. The molecule has 0 spiro atoms. The van der Waals surface area contributed by atoms with E-state index in [9.17, 15) is 9.59 Å². The molecule has 0 radical (unpaired) electrons. The maximum absolute atomic E-state index is 15.2. The molecule has 2 aliphatic rings. The predicted molar refractivity (Wildman–Crippen MR) is 133 cm³/mol.